The molecule has 1 fully saturated rings. The maximum Gasteiger partial charge on any atom is 0.259 e. The van der Waals surface area contributed by atoms with Gasteiger partial charge in [0.25, 0.3) is 11.8 Å². The first-order valence-electron chi connectivity index (χ1n) is 12.9. The number of para-hydroxylation sites is 1. The summed E-state index contributed by atoms with van der Waals surface area (Å²) in [6.07, 6.45) is 0.899. The molecule has 1 N–H and O–H groups in total. The van der Waals surface area contributed by atoms with Crippen molar-refractivity contribution in [3.63, 3.8) is 0 Å². The topological polar surface area (TPSA) is 89.1 Å². The van der Waals surface area contributed by atoms with Gasteiger partial charge in [-0.05, 0) is 30.8 Å². The monoisotopic (exact) mass is 530 g/mol. The Labute approximate surface area is 225 Å². The number of carbonyl (C=O) groups excluding carboxylic acids is 3. The highest BCUT2D eigenvalue weighted by Crippen LogP contribution is 2.29. The van der Waals surface area contributed by atoms with Crippen molar-refractivity contribution in [2.45, 2.75) is 19.5 Å². The third kappa shape index (κ3) is 4.77. The van der Waals surface area contributed by atoms with Crippen LogP contribution in [0.5, 0.6) is 0 Å². The summed E-state index contributed by atoms with van der Waals surface area (Å²) in [6, 6.07) is 15.1. The number of thiazole rings is 1. The predicted octanol–water partition coefficient (Wildman–Crippen LogP) is 2.69. The van der Waals surface area contributed by atoms with Gasteiger partial charge in [-0.2, -0.15) is 0 Å². The molecule has 196 valence electrons. The highest BCUT2D eigenvalue weighted by Gasteiger charge is 2.31. The van der Waals surface area contributed by atoms with Crippen LogP contribution in [0.1, 0.15) is 36.9 Å². The SMILES string of the molecule is CN1CCc2nc(NC(=O)c3ccccc3N3CCN(C(=O)CN4Cc5ccccc5C4=O)CC3)sc2C1. The molecule has 2 aromatic carbocycles. The summed E-state index contributed by atoms with van der Waals surface area (Å²) in [5, 5.41) is 3.65. The van der Waals surface area contributed by atoms with Gasteiger partial charge in [-0.25, -0.2) is 4.98 Å². The van der Waals surface area contributed by atoms with Crippen LogP contribution in [0.25, 0.3) is 0 Å². The molecule has 0 bridgehead atoms. The zero-order chi connectivity index (χ0) is 26.2. The van der Waals surface area contributed by atoms with Crippen molar-refractivity contribution in [2.75, 3.05) is 56.5 Å². The summed E-state index contributed by atoms with van der Waals surface area (Å²) in [7, 11) is 2.09. The average molecular weight is 531 g/mol. The lowest BCUT2D eigenvalue weighted by atomic mass is 10.1. The van der Waals surface area contributed by atoms with E-state index in [4.69, 9.17) is 0 Å². The molecule has 0 aliphatic carbocycles. The number of likely N-dealkylation sites (N-methyl/N-ethyl adjacent to an activating group) is 1. The molecular formula is C28H30N6O3S. The number of anilines is 2. The van der Waals surface area contributed by atoms with Crippen molar-refractivity contribution in [3.8, 4) is 0 Å². The fraction of sp³-hybridized carbons (Fsp3) is 0.357. The average Bonchev–Trinajstić information content (AvgIpc) is 3.48. The number of piperazine rings is 1. The first kappa shape index (κ1) is 24.6. The van der Waals surface area contributed by atoms with E-state index in [9.17, 15) is 14.4 Å². The number of nitrogens with zero attached hydrogens (tertiary/aromatic N) is 5. The van der Waals surface area contributed by atoms with Crippen LogP contribution < -0.4 is 10.2 Å². The van der Waals surface area contributed by atoms with Crippen molar-refractivity contribution in [3.05, 3.63) is 75.8 Å². The van der Waals surface area contributed by atoms with E-state index in [-0.39, 0.29) is 24.3 Å². The van der Waals surface area contributed by atoms with Crippen molar-refractivity contribution < 1.29 is 14.4 Å². The standard InChI is InChI=1S/C28H30N6O3S/c1-31-11-10-22-24(17-31)38-28(29-22)30-26(36)21-8-4-5-9-23(21)32-12-14-33(15-13-32)25(35)18-34-16-19-6-2-3-7-20(19)27(34)37/h2-9H,10-18H2,1H3,(H,29,30,36). The predicted molar refractivity (Wildman–Crippen MR) is 147 cm³/mol. The van der Waals surface area contributed by atoms with Crippen LogP contribution in [0.4, 0.5) is 10.8 Å². The Morgan fingerprint density at radius 1 is 0.974 bits per heavy atom. The van der Waals surface area contributed by atoms with E-state index in [1.165, 1.54) is 4.88 Å². The zero-order valence-corrected chi connectivity index (χ0v) is 22.2. The zero-order valence-electron chi connectivity index (χ0n) is 21.4. The van der Waals surface area contributed by atoms with Gasteiger partial charge < -0.3 is 19.6 Å². The minimum Gasteiger partial charge on any atom is -0.367 e. The fourth-order valence-corrected chi connectivity index (χ4v) is 6.47. The quantitative estimate of drug-likeness (QED) is 0.546. The second-order valence-corrected chi connectivity index (χ2v) is 11.1. The molecule has 10 heteroatoms. The van der Waals surface area contributed by atoms with Crippen LogP contribution in [0.2, 0.25) is 0 Å². The number of amides is 3. The van der Waals surface area contributed by atoms with Crippen molar-refractivity contribution in [2.24, 2.45) is 0 Å². The number of aromatic nitrogens is 1. The molecule has 1 saturated heterocycles. The molecule has 0 unspecified atom stereocenters. The number of benzene rings is 2. The number of hydrogen-bond acceptors (Lipinski definition) is 7. The number of rotatable bonds is 5. The smallest absolute Gasteiger partial charge is 0.259 e. The molecule has 3 aliphatic rings. The lowest BCUT2D eigenvalue weighted by Gasteiger charge is -2.37. The van der Waals surface area contributed by atoms with Crippen molar-refractivity contribution in [1.29, 1.82) is 0 Å². The Hall–Kier alpha value is -3.76. The molecule has 0 radical (unpaired) electrons. The molecule has 3 amide bonds. The number of carbonyl (C=O) groups is 3. The molecule has 38 heavy (non-hydrogen) atoms. The maximum atomic E-state index is 13.3. The van der Waals surface area contributed by atoms with E-state index in [2.05, 4.69) is 27.1 Å². The lowest BCUT2D eigenvalue weighted by molar-refractivity contribution is -0.132. The van der Waals surface area contributed by atoms with Crippen molar-refractivity contribution >= 4 is 39.9 Å². The molecule has 0 atom stereocenters. The number of hydrogen-bond donors (Lipinski definition) is 1. The Morgan fingerprint density at radius 2 is 1.74 bits per heavy atom. The summed E-state index contributed by atoms with van der Waals surface area (Å²) < 4.78 is 0. The van der Waals surface area contributed by atoms with Gasteiger partial charge in [0, 0.05) is 68.4 Å². The van der Waals surface area contributed by atoms with Gasteiger partial charge in [0.15, 0.2) is 5.13 Å². The third-order valence-electron chi connectivity index (χ3n) is 7.49. The first-order chi connectivity index (χ1) is 18.5. The maximum absolute atomic E-state index is 13.3. The molecule has 1 aromatic heterocycles. The number of nitrogens with one attached hydrogen (secondary N) is 1. The molecule has 0 spiro atoms. The minimum atomic E-state index is -0.175. The van der Waals surface area contributed by atoms with Gasteiger partial charge >= 0.3 is 0 Å². The molecule has 3 aliphatic heterocycles. The molecule has 3 aromatic rings. The highest BCUT2D eigenvalue weighted by molar-refractivity contribution is 7.15. The van der Waals surface area contributed by atoms with E-state index in [1.54, 1.807) is 16.2 Å². The van der Waals surface area contributed by atoms with Gasteiger partial charge in [-0.1, -0.05) is 30.3 Å². The van der Waals surface area contributed by atoms with Crippen LogP contribution in [-0.2, 0) is 24.3 Å². The fourth-order valence-electron chi connectivity index (χ4n) is 5.38. The summed E-state index contributed by atoms with van der Waals surface area (Å²) >= 11 is 1.55. The van der Waals surface area contributed by atoms with Gasteiger partial charge in [0.1, 0.15) is 6.54 Å². The van der Waals surface area contributed by atoms with E-state index in [0.29, 0.717) is 49.0 Å². The molecule has 9 nitrogen and oxygen atoms in total. The summed E-state index contributed by atoms with van der Waals surface area (Å²) in [4.78, 5) is 52.6. The van der Waals surface area contributed by atoms with E-state index in [1.807, 2.05) is 53.4 Å². The van der Waals surface area contributed by atoms with Crippen LogP contribution in [0.3, 0.4) is 0 Å². The van der Waals surface area contributed by atoms with Gasteiger partial charge in [-0.3, -0.25) is 19.7 Å². The van der Waals surface area contributed by atoms with Crippen LogP contribution >= 0.6 is 11.3 Å². The van der Waals surface area contributed by atoms with Gasteiger partial charge in [0.2, 0.25) is 5.91 Å². The van der Waals surface area contributed by atoms with Crippen LogP contribution in [0, 0.1) is 0 Å². The normalized spacial score (nSPS) is 17.4. The Balaban J connectivity index is 1.07. The molecule has 4 heterocycles. The van der Waals surface area contributed by atoms with Gasteiger partial charge in [0.05, 0.1) is 11.3 Å². The summed E-state index contributed by atoms with van der Waals surface area (Å²) in [6.45, 7) is 4.70. The van der Waals surface area contributed by atoms with Gasteiger partial charge in [-0.15, -0.1) is 11.3 Å². The molecular weight excluding hydrogens is 500 g/mol. The summed E-state index contributed by atoms with van der Waals surface area (Å²) in [5.41, 5.74) is 4.18. The molecule has 0 saturated carbocycles. The second-order valence-electron chi connectivity index (χ2n) is 10.0. The van der Waals surface area contributed by atoms with E-state index in [0.717, 1.165) is 36.5 Å². The van der Waals surface area contributed by atoms with E-state index < -0.39 is 0 Å². The first-order valence-corrected chi connectivity index (χ1v) is 13.8. The second kappa shape index (κ2) is 10.2. The Morgan fingerprint density at radius 3 is 2.55 bits per heavy atom. The minimum absolute atomic E-state index is 0.0461. The van der Waals surface area contributed by atoms with Crippen LogP contribution in [-0.4, -0.2) is 83.7 Å². The third-order valence-corrected chi connectivity index (χ3v) is 8.48. The van der Waals surface area contributed by atoms with Crippen LogP contribution in [0.15, 0.2) is 48.5 Å². The largest absolute Gasteiger partial charge is 0.367 e. The number of fused-ring (bicyclic) bond motifs is 2. The van der Waals surface area contributed by atoms with E-state index >= 15 is 0 Å². The Bertz CT molecular complexity index is 1400. The lowest BCUT2D eigenvalue weighted by Crippen LogP contribution is -2.51. The highest BCUT2D eigenvalue weighted by atomic mass is 32.1. The summed E-state index contributed by atoms with van der Waals surface area (Å²) in [5.74, 6) is -0.304. The molecule has 6 rings (SSSR count). The Kier molecular flexibility index (Phi) is 6.59. The van der Waals surface area contributed by atoms with Crippen molar-refractivity contribution in [1.82, 2.24) is 19.7 Å².